The van der Waals surface area contributed by atoms with Crippen molar-refractivity contribution in [3.05, 3.63) is 22.7 Å². The van der Waals surface area contributed by atoms with Gasteiger partial charge in [-0.05, 0) is 30.5 Å². The predicted molar refractivity (Wildman–Crippen MR) is 73.6 cm³/mol. The van der Waals surface area contributed by atoms with Crippen LogP contribution in [0.1, 0.15) is 30.9 Å². The van der Waals surface area contributed by atoms with E-state index in [9.17, 15) is 9.90 Å². The minimum absolute atomic E-state index is 0.283. The lowest BCUT2D eigenvalue weighted by Crippen LogP contribution is -2.30. The van der Waals surface area contributed by atoms with Gasteiger partial charge in [0.2, 0.25) is 0 Å². The van der Waals surface area contributed by atoms with Gasteiger partial charge in [-0.25, -0.2) is 0 Å². The molecule has 1 aliphatic carbocycles. The number of carbonyl (C=O) groups is 1. The molecule has 0 radical (unpaired) electrons. The molecule has 2 N–H and O–H groups in total. The van der Waals surface area contributed by atoms with Crippen LogP contribution in [-0.4, -0.2) is 30.3 Å². The first-order valence-corrected chi connectivity index (χ1v) is 7.11. The Balaban J connectivity index is 1.93. The molecule has 6 heteroatoms. The summed E-state index contributed by atoms with van der Waals surface area (Å²) in [4.78, 5) is 11.4. The van der Waals surface area contributed by atoms with Crippen LogP contribution in [0.3, 0.4) is 0 Å². The van der Waals surface area contributed by atoms with Crippen molar-refractivity contribution in [2.75, 3.05) is 13.2 Å². The number of ether oxygens (including phenoxy) is 2. The number of hydrogen-bond donors (Lipinski definition) is 2. The summed E-state index contributed by atoms with van der Waals surface area (Å²) in [6.07, 6.45) is 2.81. The summed E-state index contributed by atoms with van der Waals surface area (Å²) in [5.41, 5.74) is 0.596. The van der Waals surface area contributed by atoms with E-state index in [1.165, 1.54) is 0 Å². The average Bonchev–Trinajstić information content (AvgIpc) is 3.22. The minimum Gasteiger partial charge on any atom is -0.489 e. The second-order valence-corrected chi connectivity index (χ2v) is 5.50. The number of aliphatic carboxylic acids is 1. The Morgan fingerprint density at radius 3 is 2.80 bits per heavy atom. The van der Waals surface area contributed by atoms with Gasteiger partial charge in [0.25, 0.3) is 0 Å². The van der Waals surface area contributed by atoms with E-state index >= 15 is 0 Å². The Morgan fingerprint density at radius 1 is 1.35 bits per heavy atom. The summed E-state index contributed by atoms with van der Waals surface area (Å²) >= 11 is 6.20. The van der Waals surface area contributed by atoms with Gasteiger partial charge < -0.3 is 14.6 Å². The molecule has 1 heterocycles. The molecule has 1 atom stereocenters. The molecule has 0 spiro atoms. The normalized spacial score (nSPS) is 19.2. The Morgan fingerprint density at radius 2 is 2.10 bits per heavy atom. The van der Waals surface area contributed by atoms with Gasteiger partial charge in [0.1, 0.15) is 6.04 Å². The van der Waals surface area contributed by atoms with Gasteiger partial charge in [0, 0.05) is 12.5 Å². The van der Waals surface area contributed by atoms with Gasteiger partial charge in [0.05, 0.1) is 18.2 Å². The van der Waals surface area contributed by atoms with Gasteiger partial charge in [-0.1, -0.05) is 11.6 Å². The fourth-order valence-corrected chi connectivity index (χ4v) is 2.49. The lowest BCUT2D eigenvalue weighted by molar-refractivity contribution is -0.139. The van der Waals surface area contributed by atoms with Gasteiger partial charge in [0.15, 0.2) is 11.5 Å². The highest BCUT2D eigenvalue weighted by Gasteiger charge is 2.30. The van der Waals surface area contributed by atoms with E-state index in [0.29, 0.717) is 35.3 Å². The number of nitrogens with one attached hydrogen (secondary N) is 1. The number of hydrogen-bond acceptors (Lipinski definition) is 4. The summed E-state index contributed by atoms with van der Waals surface area (Å²) in [5, 5.41) is 12.9. The zero-order valence-corrected chi connectivity index (χ0v) is 11.7. The monoisotopic (exact) mass is 297 g/mol. The molecular formula is C14H16ClNO4. The van der Waals surface area contributed by atoms with E-state index in [4.69, 9.17) is 21.1 Å². The Labute approximate surface area is 121 Å². The fourth-order valence-electron chi connectivity index (χ4n) is 2.21. The zero-order valence-electron chi connectivity index (χ0n) is 10.9. The Kier molecular flexibility index (Phi) is 3.72. The maximum Gasteiger partial charge on any atom is 0.325 e. The lowest BCUT2D eigenvalue weighted by Gasteiger charge is -2.17. The number of fused-ring (bicyclic) bond motifs is 1. The van der Waals surface area contributed by atoms with Crippen LogP contribution in [0.5, 0.6) is 11.5 Å². The van der Waals surface area contributed by atoms with Crippen molar-refractivity contribution in [2.45, 2.75) is 31.3 Å². The van der Waals surface area contributed by atoms with Crippen LogP contribution in [-0.2, 0) is 4.79 Å². The van der Waals surface area contributed by atoms with Gasteiger partial charge >= 0.3 is 5.97 Å². The predicted octanol–water partition coefficient (Wildman–Crippen LogP) is 2.38. The van der Waals surface area contributed by atoms with Crippen LogP contribution in [0.4, 0.5) is 0 Å². The molecule has 0 saturated heterocycles. The average molecular weight is 298 g/mol. The van der Waals surface area contributed by atoms with Gasteiger partial charge in [-0.15, -0.1) is 0 Å². The molecule has 1 aromatic carbocycles. The third kappa shape index (κ3) is 2.83. The third-order valence-corrected chi connectivity index (χ3v) is 3.67. The van der Waals surface area contributed by atoms with E-state index in [1.54, 1.807) is 12.1 Å². The standard InChI is InChI=1S/C14H16ClNO4/c15-10-6-8(12(14(17)18)16-9-2-3-9)7-11-13(10)20-5-1-4-19-11/h6-7,9,12,16H,1-5H2,(H,17,18). The Hall–Kier alpha value is -1.46. The number of carboxylic acid groups (broad SMARTS) is 1. The molecule has 1 fully saturated rings. The maximum absolute atomic E-state index is 11.4. The molecule has 2 aliphatic rings. The SMILES string of the molecule is O=C(O)C(NC1CC1)c1cc(Cl)c2c(c1)OCCCO2. The van der Waals surface area contributed by atoms with Crippen molar-refractivity contribution in [3.63, 3.8) is 0 Å². The molecule has 20 heavy (non-hydrogen) atoms. The maximum atomic E-state index is 11.4. The second kappa shape index (κ2) is 5.50. The van der Waals surface area contributed by atoms with Crippen molar-refractivity contribution in [1.82, 2.24) is 5.32 Å². The van der Waals surface area contributed by atoms with E-state index in [2.05, 4.69) is 5.32 Å². The highest BCUT2D eigenvalue weighted by molar-refractivity contribution is 6.32. The van der Waals surface area contributed by atoms with E-state index in [1.807, 2.05) is 0 Å². The van der Waals surface area contributed by atoms with Crippen molar-refractivity contribution in [3.8, 4) is 11.5 Å². The molecule has 0 aromatic heterocycles. The van der Waals surface area contributed by atoms with Gasteiger partial charge in [-0.3, -0.25) is 10.1 Å². The van der Waals surface area contributed by atoms with Gasteiger partial charge in [-0.2, -0.15) is 0 Å². The minimum atomic E-state index is -0.914. The molecule has 0 bridgehead atoms. The van der Waals surface area contributed by atoms with Crippen LogP contribution >= 0.6 is 11.6 Å². The van der Waals surface area contributed by atoms with Crippen LogP contribution in [0.15, 0.2) is 12.1 Å². The largest absolute Gasteiger partial charge is 0.489 e. The summed E-state index contributed by atoms with van der Waals surface area (Å²) < 4.78 is 11.1. The highest BCUT2D eigenvalue weighted by Crippen LogP contribution is 2.39. The summed E-state index contributed by atoms with van der Waals surface area (Å²) in [6.45, 7) is 1.09. The zero-order chi connectivity index (χ0) is 14.1. The summed E-state index contributed by atoms with van der Waals surface area (Å²) in [6, 6.07) is 2.87. The van der Waals surface area contributed by atoms with E-state index in [-0.39, 0.29) is 6.04 Å². The molecule has 108 valence electrons. The summed E-state index contributed by atoms with van der Waals surface area (Å²) in [5.74, 6) is 0.111. The first kappa shape index (κ1) is 13.5. The first-order chi connectivity index (χ1) is 9.65. The topological polar surface area (TPSA) is 67.8 Å². The molecule has 5 nitrogen and oxygen atoms in total. The molecular weight excluding hydrogens is 282 g/mol. The second-order valence-electron chi connectivity index (χ2n) is 5.09. The molecule has 0 amide bonds. The Bertz CT molecular complexity index is 530. The smallest absolute Gasteiger partial charge is 0.325 e. The first-order valence-electron chi connectivity index (χ1n) is 6.73. The number of rotatable bonds is 4. The van der Waals surface area contributed by atoms with Crippen LogP contribution < -0.4 is 14.8 Å². The summed E-state index contributed by atoms with van der Waals surface area (Å²) in [7, 11) is 0. The van der Waals surface area contributed by atoms with Crippen molar-refractivity contribution in [2.24, 2.45) is 0 Å². The number of benzene rings is 1. The van der Waals surface area contributed by atoms with Crippen LogP contribution in [0, 0.1) is 0 Å². The van der Waals surface area contributed by atoms with Crippen LogP contribution in [0.25, 0.3) is 0 Å². The van der Waals surface area contributed by atoms with Crippen LogP contribution in [0.2, 0.25) is 5.02 Å². The van der Waals surface area contributed by atoms with E-state index in [0.717, 1.165) is 19.3 Å². The highest BCUT2D eigenvalue weighted by atomic mass is 35.5. The molecule has 1 unspecified atom stereocenters. The molecule has 1 saturated carbocycles. The lowest BCUT2D eigenvalue weighted by atomic mass is 10.1. The van der Waals surface area contributed by atoms with E-state index < -0.39 is 12.0 Å². The fraction of sp³-hybridized carbons (Fsp3) is 0.500. The number of carboxylic acids is 1. The van der Waals surface area contributed by atoms with Crippen molar-refractivity contribution < 1.29 is 19.4 Å². The van der Waals surface area contributed by atoms with Crippen molar-refractivity contribution >= 4 is 17.6 Å². The quantitative estimate of drug-likeness (QED) is 0.893. The third-order valence-electron chi connectivity index (χ3n) is 3.38. The van der Waals surface area contributed by atoms with Crippen molar-refractivity contribution in [1.29, 1.82) is 0 Å². The molecule has 1 aliphatic heterocycles. The number of halogens is 1. The molecule has 1 aromatic rings. The molecule has 3 rings (SSSR count).